The Bertz CT molecular complexity index is 973. The van der Waals surface area contributed by atoms with Crippen LogP contribution in [0.3, 0.4) is 0 Å². The van der Waals surface area contributed by atoms with Crippen LogP contribution in [0.25, 0.3) is 22.4 Å². The van der Waals surface area contributed by atoms with Crippen molar-refractivity contribution in [2.75, 3.05) is 5.32 Å². The van der Waals surface area contributed by atoms with Gasteiger partial charge in [-0.15, -0.1) is 0 Å². The van der Waals surface area contributed by atoms with Gasteiger partial charge in [-0.3, -0.25) is 0 Å². The number of rotatable bonds is 4. The number of nitrogens with zero attached hydrogens (tertiary/aromatic N) is 2. The molecule has 5 heteroatoms. The minimum atomic E-state index is -0.913. The first kappa shape index (κ1) is 16.3. The van der Waals surface area contributed by atoms with Crippen LogP contribution in [0.5, 0.6) is 0 Å². The Balaban J connectivity index is 1.68. The Hall–Kier alpha value is -3.21. The van der Waals surface area contributed by atoms with Crippen molar-refractivity contribution in [2.24, 2.45) is 0 Å². The summed E-state index contributed by atoms with van der Waals surface area (Å²) in [4.78, 5) is 12.3. The molecule has 1 aliphatic rings. The normalized spacial score (nSPS) is 16.4. The highest BCUT2D eigenvalue weighted by Crippen LogP contribution is 2.34. The van der Waals surface area contributed by atoms with E-state index in [9.17, 15) is 4.39 Å². The number of benzene rings is 1. The number of anilines is 1. The first-order chi connectivity index (χ1) is 12.7. The number of hydrogen-bond donors (Lipinski definition) is 2. The topological polar surface area (TPSA) is 53.6 Å². The van der Waals surface area contributed by atoms with Crippen LogP contribution in [0.1, 0.15) is 12.1 Å². The van der Waals surface area contributed by atoms with E-state index >= 15 is 0 Å². The zero-order valence-electron chi connectivity index (χ0n) is 14.4. The molecule has 2 heterocycles. The van der Waals surface area contributed by atoms with Gasteiger partial charge in [-0.25, -0.2) is 14.4 Å². The Morgan fingerprint density at radius 3 is 2.81 bits per heavy atom. The molecule has 0 amide bonds. The highest BCUT2D eigenvalue weighted by atomic mass is 19.1. The monoisotopic (exact) mass is 346 g/mol. The molecule has 1 aliphatic carbocycles. The first-order valence-corrected chi connectivity index (χ1v) is 8.57. The Kier molecular flexibility index (Phi) is 4.35. The minimum absolute atomic E-state index is 0.369. The fourth-order valence-corrected chi connectivity index (χ4v) is 3.08. The van der Waals surface area contributed by atoms with Gasteiger partial charge < -0.3 is 10.3 Å². The van der Waals surface area contributed by atoms with Crippen molar-refractivity contribution >= 4 is 5.95 Å². The van der Waals surface area contributed by atoms with Crippen LogP contribution in [0, 0.1) is 6.92 Å². The molecule has 0 radical (unpaired) electrons. The maximum Gasteiger partial charge on any atom is 0.227 e. The highest BCUT2D eigenvalue weighted by molar-refractivity contribution is 5.83. The maximum absolute atomic E-state index is 13.2. The molecule has 0 aliphatic heterocycles. The van der Waals surface area contributed by atoms with Crippen molar-refractivity contribution in [3.63, 3.8) is 0 Å². The van der Waals surface area contributed by atoms with Gasteiger partial charge >= 0.3 is 0 Å². The van der Waals surface area contributed by atoms with Crippen LogP contribution in [0.2, 0.25) is 0 Å². The lowest BCUT2D eigenvalue weighted by atomic mass is 10.0. The molecular formula is C21H19FN4. The number of hydrogen-bond acceptors (Lipinski definition) is 3. The van der Waals surface area contributed by atoms with Gasteiger partial charge in [0.05, 0.1) is 5.69 Å². The van der Waals surface area contributed by atoms with E-state index in [4.69, 9.17) is 0 Å². The number of nitrogens with one attached hydrogen (secondary N) is 2. The van der Waals surface area contributed by atoms with Gasteiger partial charge in [0.15, 0.2) is 0 Å². The summed E-state index contributed by atoms with van der Waals surface area (Å²) in [5.74, 6) is 0.496. The van der Waals surface area contributed by atoms with E-state index in [2.05, 4.69) is 32.4 Å². The van der Waals surface area contributed by atoms with Crippen molar-refractivity contribution < 1.29 is 4.39 Å². The van der Waals surface area contributed by atoms with E-state index < -0.39 is 6.17 Å². The second-order valence-corrected chi connectivity index (χ2v) is 6.23. The molecule has 1 aromatic carbocycles. The molecule has 0 fully saturated rings. The van der Waals surface area contributed by atoms with E-state index in [-0.39, 0.29) is 0 Å². The molecule has 26 heavy (non-hydrogen) atoms. The molecule has 0 spiro atoms. The molecule has 3 aromatic rings. The summed E-state index contributed by atoms with van der Waals surface area (Å²) in [5, 5.41) is 3.16. The summed E-state index contributed by atoms with van der Waals surface area (Å²) in [5.41, 5.74) is 5.98. The van der Waals surface area contributed by atoms with Crippen molar-refractivity contribution in [3.8, 4) is 22.4 Å². The van der Waals surface area contributed by atoms with Crippen molar-refractivity contribution in [1.82, 2.24) is 15.0 Å². The second-order valence-electron chi connectivity index (χ2n) is 6.23. The van der Waals surface area contributed by atoms with Crippen LogP contribution in [-0.4, -0.2) is 21.1 Å². The molecule has 0 saturated heterocycles. The molecule has 130 valence electrons. The van der Waals surface area contributed by atoms with Gasteiger partial charge in [0.25, 0.3) is 0 Å². The van der Waals surface area contributed by atoms with Crippen LogP contribution in [0.15, 0.2) is 72.7 Å². The van der Waals surface area contributed by atoms with Crippen LogP contribution >= 0.6 is 0 Å². The van der Waals surface area contributed by atoms with Gasteiger partial charge in [-0.05, 0) is 30.7 Å². The van der Waals surface area contributed by atoms with Crippen molar-refractivity contribution in [3.05, 3.63) is 78.4 Å². The van der Waals surface area contributed by atoms with Gasteiger partial charge in [0.2, 0.25) is 5.95 Å². The molecule has 2 aromatic heterocycles. The van der Waals surface area contributed by atoms with Gasteiger partial charge in [0, 0.05) is 41.3 Å². The molecule has 0 bridgehead atoms. The third-order valence-corrected chi connectivity index (χ3v) is 4.38. The smallest absolute Gasteiger partial charge is 0.227 e. The molecule has 0 saturated carbocycles. The lowest BCUT2D eigenvalue weighted by Crippen LogP contribution is -2.07. The standard InChI is InChI=1S/C21H19FN4/c1-14-20(18(13-24-14)15-5-3-2-4-6-15)19-11-12-23-21(26-19)25-17-9-7-16(22)8-10-17/h2-7,9-13,16,24H,8H2,1H3,(H,23,25,26). The lowest BCUT2D eigenvalue weighted by Gasteiger charge is -2.12. The summed E-state index contributed by atoms with van der Waals surface area (Å²) in [6.45, 7) is 2.03. The predicted octanol–water partition coefficient (Wildman–Crippen LogP) is 5.04. The van der Waals surface area contributed by atoms with Crippen LogP contribution < -0.4 is 5.32 Å². The van der Waals surface area contributed by atoms with Gasteiger partial charge in [-0.1, -0.05) is 36.4 Å². The number of aromatic amines is 1. The number of halogens is 1. The number of allylic oxidation sites excluding steroid dienone is 3. The summed E-state index contributed by atoms with van der Waals surface area (Å²) in [7, 11) is 0. The van der Waals surface area contributed by atoms with E-state index in [0.717, 1.165) is 33.8 Å². The second kappa shape index (κ2) is 6.96. The van der Waals surface area contributed by atoms with Crippen LogP contribution in [0.4, 0.5) is 10.3 Å². The third kappa shape index (κ3) is 3.28. The summed E-state index contributed by atoms with van der Waals surface area (Å²) in [6.07, 6.45) is 8.27. The van der Waals surface area contributed by atoms with E-state index in [1.54, 1.807) is 12.3 Å². The zero-order valence-corrected chi connectivity index (χ0v) is 14.4. The third-order valence-electron chi connectivity index (χ3n) is 4.38. The maximum atomic E-state index is 13.2. The number of alkyl halides is 1. The summed E-state index contributed by atoms with van der Waals surface area (Å²) < 4.78 is 13.2. The molecule has 2 N–H and O–H groups in total. The molecule has 1 atom stereocenters. The van der Waals surface area contributed by atoms with E-state index in [1.165, 1.54) is 6.08 Å². The average Bonchev–Trinajstić information content (AvgIpc) is 3.06. The number of aryl methyl sites for hydroxylation is 1. The Morgan fingerprint density at radius 2 is 2.04 bits per heavy atom. The number of aromatic nitrogens is 3. The number of H-pyrrole nitrogens is 1. The Labute approximate surface area is 151 Å². The molecule has 4 rings (SSSR count). The fraction of sp³-hybridized carbons (Fsp3) is 0.143. The van der Waals surface area contributed by atoms with Crippen LogP contribution in [-0.2, 0) is 0 Å². The predicted molar refractivity (Wildman–Crippen MR) is 102 cm³/mol. The lowest BCUT2D eigenvalue weighted by molar-refractivity contribution is 0.401. The zero-order chi connectivity index (χ0) is 17.9. The average molecular weight is 346 g/mol. The Morgan fingerprint density at radius 1 is 1.19 bits per heavy atom. The van der Waals surface area contributed by atoms with Gasteiger partial charge in [0.1, 0.15) is 6.17 Å². The molecular weight excluding hydrogens is 327 g/mol. The van der Waals surface area contributed by atoms with Crippen molar-refractivity contribution in [2.45, 2.75) is 19.5 Å². The van der Waals surface area contributed by atoms with E-state index in [0.29, 0.717) is 12.4 Å². The SMILES string of the molecule is Cc1[nH]cc(-c2ccccc2)c1-c1ccnc(NC2=CCC(F)C=C2)n1. The summed E-state index contributed by atoms with van der Waals surface area (Å²) >= 11 is 0. The first-order valence-electron chi connectivity index (χ1n) is 8.57. The quantitative estimate of drug-likeness (QED) is 0.696. The largest absolute Gasteiger partial charge is 0.364 e. The molecule has 4 nitrogen and oxygen atoms in total. The summed E-state index contributed by atoms with van der Waals surface area (Å²) in [6, 6.07) is 12.1. The molecule has 1 unspecified atom stereocenters. The highest BCUT2D eigenvalue weighted by Gasteiger charge is 2.15. The van der Waals surface area contributed by atoms with Crippen molar-refractivity contribution in [1.29, 1.82) is 0 Å². The van der Waals surface area contributed by atoms with E-state index in [1.807, 2.05) is 43.5 Å². The van der Waals surface area contributed by atoms with Gasteiger partial charge in [-0.2, -0.15) is 0 Å². The minimum Gasteiger partial charge on any atom is -0.364 e. The fourth-order valence-electron chi connectivity index (χ4n) is 3.08.